The number of furan rings is 1. The molecule has 1 aromatic carbocycles. The average molecular weight is 259 g/mol. The molecule has 0 aliphatic heterocycles. The van der Waals surface area contributed by atoms with E-state index in [1.54, 1.807) is 0 Å². The van der Waals surface area contributed by atoms with Crippen LogP contribution in [0.3, 0.4) is 0 Å². The lowest BCUT2D eigenvalue weighted by atomic mass is 9.84. The van der Waals surface area contributed by atoms with E-state index in [-0.39, 0.29) is 11.5 Å². The Labute approximate surface area is 116 Å². The summed E-state index contributed by atoms with van der Waals surface area (Å²) in [6, 6.07) is 4.45. The zero-order valence-electron chi connectivity index (χ0n) is 12.9. The van der Waals surface area contributed by atoms with Gasteiger partial charge in [0.2, 0.25) is 0 Å². The van der Waals surface area contributed by atoms with E-state index in [0.29, 0.717) is 0 Å². The molecule has 0 aliphatic carbocycles. The summed E-state index contributed by atoms with van der Waals surface area (Å²) in [7, 11) is 0. The standard InChI is InChI=1S/C17H25NO/c1-7-12-8-13-10(2)15(11(3)18)19-16(13)14(9-12)17(4,5)6/h8-9,11H,7,18H2,1-6H3. The highest BCUT2D eigenvalue weighted by Gasteiger charge is 2.23. The SMILES string of the molecule is CCc1cc(C(C)(C)C)c2oc(C(C)N)c(C)c2c1. The van der Waals surface area contributed by atoms with Crippen LogP contribution in [0.4, 0.5) is 0 Å². The molecule has 0 fully saturated rings. The molecule has 0 bridgehead atoms. The molecule has 2 N–H and O–H groups in total. The Hall–Kier alpha value is -1.28. The first kappa shape index (κ1) is 14.1. The summed E-state index contributed by atoms with van der Waals surface area (Å²) in [5.41, 5.74) is 10.9. The van der Waals surface area contributed by atoms with Gasteiger partial charge in [-0.1, -0.05) is 33.8 Å². The molecule has 19 heavy (non-hydrogen) atoms. The van der Waals surface area contributed by atoms with E-state index < -0.39 is 0 Å². The topological polar surface area (TPSA) is 39.2 Å². The summed E-state index contributed by atoms with van der Waals surface area (Å²) in [4.78, 5) is 0. The molecule has 0 saturated carbocycles. The smallest absolute Gasteiger partial charge is 0.138 e. The van der Waals surface area contributed by atoms with Gasteiger partial charge in [-0.2, -0.15) is 0 Å². The molecule has 1 atom stereocenters. The lowest BCUT2D eigenvalue weighted by Gasteiger charge is -2.20. The molecule has 0 amide bonds. The summed E-state index contributed by atoms with van der Waals surface area (Å²) < 4.78 is 6.09. The molecule has 104 valence electrons. The summed E-state index contributed by atoms with van der Waals surface area (Å²) in [5, 5.41) is 1.22. The largest absolute Gasteiger partial charge is 0.459 e. The summed E-state index contributed by atoms with van der Waals surface area (Å²) in [6.07, 6.45) is 1.04. The van der Waals surface area contributed by atoms with E-state index >= 15 is 0 Å². The molecular formula is C17H25NO. The average Bonchev–Trinajstić information content (AvgIpc) is 2.64. The van der Waals surface area contributed by atoms with Gasteiger partial charge in [-0.25, -0.2) is 0 Å². The van der Waals surface area contributed by atoms with Crippen molar-refractivity contribution in [1.29, 1.82) is 0 Å². The molecule has 1 heterocycles. The summed E-state index contributed by atoms with van der Waals surface area (Å²) in [6.45, 7) is 13.0. The van der Waals surface area contributed by atoms with E-state index in [2.05, 4.69) is 46.8 Å². The minimum atomic E-state index is -0.0645. The van der Waals surface area contributed by atoms with Crippen LogP contribution in [0, 0.1) is 6.92 Å². The maximum Gasteiger partial charge on any atom is 0.138 e. The number of hydrogen-bond donors (Lipinski definition) is 1. The molecule has 0 spiro atoms. The molecule has 1 unspecified atom stereocenters. The van der Waals surface area contributed by atoms with E-state index in [1.165, 1.54) is 22.1 Å². The van der Waals surface area contributed by atoms with Gasteiger partial charge in [0, 0.05) is 10.9 Å². The van der Waals surface area contributed by atoms with Crippen molar-refractivity contribution in [2.24, 2.45) is 5.73 Å². The third-order valence-corrected chi connectivity index (χ3v) is 3.76. The number of benzene rings is 1. The Morgan fingerprint density at radius 3 is 2.37 bits per heavy atom. The van der Waals surface area contributed by atoms with Crippen LogP contribution < -0.4 is 5.73 Å². The van der Waals surface area contributed by atoms with Crippen molar-refractivity contribution in [1.82, 2.24) is 0 Å². The van der Waals surface area contributed by atoms with E-state index in [0.717, 1.165) is 17.8 Å². The van der Waals surface area contributed by atoms with Crippen LogP contribution in [0.25, 0.3) is 11.0 Å². The van der Waals surface area contributed by atoms with Gasteiger partial charge in [0.05, 0.1) is 6.04 Å². The number of rotatable bonds is 2. The molecule has 2 heteroatoms. The van der Waals surface area contributed by atoms with Gasteiger partial charge in [-0.3, -0.25) is 0 Å². The molecule has 2 aromatic rings. The first-order chi connectivity index (χ1) is 8.75. The normalized spacial score (nSPS) is 14.1. The molecule has 1 aromatic heterocycles. The van der Waals surface area contributed by atoms with Crippen LogP contribution in [0.5, 0.6) is 0 Å². The molecule has 0 radical (unpaired) electrons. The number of hydrogen-bond acceptors (Lipinski definition) is 2. The number of nitrogens with two attached hydrogens (primary N) is 1. The highest BCUT2D eigenvalue weighted by atomic mass is 16.3. The predicted octanol–water partition coefficient (Wildman–Crippen LogP) is 4.62. The second-order valence-electron chi connectivity index (χ2n) is 6.50. The minimum Gasteiger partial charge on any atom is -0.459 e. The fourth-order valence-electron chi connectivity index (χ4n) is 2.59. The zero-order chi connectivity index (χ0) is 14.4. The highest BCUT2D eigenvalue weighted by molar-refractivity contribution is 5.86. The quantitative estimate of drug-likeness (QED) is 0.854. The van der Waals surface area contributed by atoms with Gasteiger partial charge >= 0.3 is 0 Å². The van der Waals surface area contributed by atoms with Crippen molar-refractivity contribution >= 4 is 11.0 Å². The lowest BCUT2D eigenvalue weighted by Crippen LogP contribution is -2.12. The van der Waals surface area contributed by atoms with Gasteiger partial charge in [0.25, 0.3) is 0 Å². The molecule has 2 nitrogen and oxygen atoms in total. The molecular weight excluding hydrogens is 234 g/mol. The number of aryl methyl sites for hydroxylation is 2. The second kappa shape index (κ2) is 4.68. The number of fused-ring (bicyclic) bond motifs is 1. The Bertz CT molecular complexity index is 600. The van der Waals surface area contributed by atoms with Crippen LogP contribution in [0.2, 0.25) is 0 Å². The van der Waals surface area contributed by atoms with Crippen molar-refractivity contribution in [3.8, 4) is 0 Å². The fourth-order valence-corrected chi connectivity index (χ4v) is 2.59. The van der Waals surface area contributed by atoms with E-state index in [1.807, 2.05) is 6.92 Å². The van der Waals surface area contributed by atoms with Crippen molar-refractivity contribution < 1.29 is 4.42 Å². The lowest BCUT2D eigenvalue weighted by molar-refractivity contribution is 0.495. The van der Waals surface area contributed by atoms with E-state index in [9.17, 15) is 0 Å². The van der Waals surface area contributed by atoms with Crippen molar-refractivity contribution in [3.05, 3.63) is 34.6 Å². The Morgan fingerprint density at radius 1 is 1.26 bits per heavy atom. The first-order valence-corrected chi connectivity index (χ1v) is 7.07. The van der Waals surface area contributed by atoms with Gasteiger partial charge < -0.3 is 10.2 Å². The van der Waals surface area contributed by atoms with Crippen molar-refractivity contribution in [2.75, 3.05) is 0 Å². The summed E-state index contributed by atoms with van der Waals surface area (Å²) >= 11 is 0. The van der Waals surface area contributed by atoms with E-state index in [4.69, 9.17) is 10.2 Å². The van der Waals surface area contributed by atoms with Crippen molar-refractivity contribution in [2.45, 2.75) is 59.4 Å². The first-order valence-electron chi connectivity index (χ1n) is 7.07. The monoisotopic (exact) mass is 259 g/mol. The zero-order valence-corrected chi connectivity index (χ0v) is 12.9. The summed E-state index contributed by atoms with van der Waals surface area (Å²) in [5.74, 6) is 0.911. The van der Waals surface area contributed by atoms with Crippen LogP contribution in [-0.2, 0) is 11.8 Å². The maximum absolute atomic E-state index is 6.09. The third-order valence-electron chi connectivity index (χ3n) is 3.76. The molecule has 2 rings (SSSR count). The minimum absolute atomic E-state index is 0.0645. The van der Waals surface area contributed by atoms with Gasteiger partial charge in [0.15, 0.2) is 0 Å². The molecule has 0 saturated heterocycles. The van der Waals surface area contributed by atoms with Crippen LogP contribution in [-0.4, -0.2) is 0 Å². The molecule has 0 aliphatic rings. The predicted molar refractivity (Wildman–Crippen MR) is 81.6 cm³/mol. The van der Waals surface area contributed by atoms with Crippen LogP contribution >= 0.6 is 0 Å². The Balaban J connectivity index is 2.84. The van der Waals surface area contributed by atoms with Crippen LogP contribution in [0.1, 0.15) is 63.1 Å². The van der Waals surface area contributed by atoms with Gasteiger partial charge in [0.1, 0.15) is 11.3 Å². The maximum atomic E-state index is 6.09. The highest BCUT2D eigenvalue weighted by Crippen LogP contribution is 2.37. The third kappa shape index (κ3) is 2.42. The van der Waals surface area contributed by atoms with Gasteiger partial charge in [-0.05, 0) is 42.9 Å². The van der Waals surface area contributed by atoms with Crippen molar-refractivity contribution in [3.63, 3.8) is 0 Å². The van der Waals surface area contributed by atoms with Gasteiger partial charge in [-0.15, -0.1) is 0 Å². The fraction of sp³-hybridized carbons (Fsp3) is 0.529. The second-order valence-corrected chi connectivity index (χ2v) is 6.50. The Morgan fingerprint density at radius 2 is 1.89 bits per heavy atom. The Kier molecular flexibility index (Phi) is 3.48. The van der Waals surface area contributed by atoms with Crippen LogP contribution in [0.15, 0.2) is 16.5 Å².